The zero-order chi connectivity index (χ0) is 18.2. The molecule has 1 amide bonds. The largest absolute Gasteiger partial charge is 0.595 e. The summed E-state index contributed by atoms with van der Waals surface area (Å²) in [6.07, 6.45) is -6.64. The molecule has 3 N–H and O–H groups in total. The van der Waals surface area contributed by atoms with E-state index < -0.39 is 34.8 Å². The van der Waals surface area contributed by atoms with Gasteiger partial charge in [0, 0.05) is 16.6 Å². The Morgan fingerprint density at radius 2 is 1.70 bits per heavy atom. The molecule has 0 saturated carbocycles. The Labute approximate surface area is 131 Å². The Balaban J connectivity index is 3.08. The van der Waals surface area contributed by atoms with Gasteiger partial charge >= 0.3 is 23.9 Å². The summed E-state index contributed by atoms with van der Waals surface area (Å²) in [6, 6.07) is 2.40. The molecule has 0 radical (unpaired) electrons. The van der Waals surface area contributed by atoms with Crippen LogP contribution in [0.5, 0.6) is 0 Å². The number of rotatable bonds is 4. The predicted molar refractivity (Wildman–Crippen MR) is 64.5 cm³/mol. The summed E-state index contributed by atoms with van der Waals surface area (Å²) in [4.78, 5) is 11.1. The van der Waals surface area contributed by atoms with E-state index >= 15 is 0 Å². The third-order valence-corrected chi connectivity index (χ3v) is 3.16. The summed E-state index contributed by atoms with van der Waals surface area (Å²) in [5.74, 6) is -15.6. The molecule has 5 nitrogen and oxygen atoms in total. The normalized spacial score (nSPS) is 14.5. The number of anilines is 1. The molecule has 0 heterocycles. The molecular weight excluding hydrogens is 409 g/mol. The number of benzene rings is 1. The maximum Gasteiger partial charge on any atom is 0.460 e. The molecule has 1 rings (SSSR count). The van der Waals surface area contributed by atoms with Gasteiger partial charge in [0.15, 0.2) is 5.69 Å². The van der Waals surface area contributed by atoms with Crippen LogP contribution in [0.4, 0.5) is 42.1 Å². The highest BCUT2D eigenvalue weighted by atomic mass is 79.9. The summed E-state index contributed by atoms with van der Waals surface area (Å²) >= 11 is 2.67. The van der Waals surface area contributed by atoms with Crippen molar-refractivity contribution >= 4 is 33.2 Å². The monoisotopic (exact) mass is 414 g/mol. The molecule has 1 unspecified atom stereocenters. The molecule has 0 fully saturated rings. The summed E-state index contributed by atoms with van der Waals surface area (Å²) in [7, 11) is 0. The number of hydrogen-bond acceptors (Lipinski definition) is 3. The van der Waals surface area contributed by atoms with Gasteiger partial charge in [-0.05, 0) is 22.0 Å². The van der Waals surface area contributed by atoms with Gasteiger partial charge in [-0.1, -0.05) is 0 Å². The van der Waals surface area contributed by atoms with Gasteiger partial charge in [0.25, 0.3) is 0 Å². The highest BCUT2D eigenvalue weighted by Gasteiger charge is 2.76. The molecular formula is C10H6BrF7N2O3. The first-order chi connectivity index (χ1) is 10.2. The van der Waals surface area contributed by atoms with Crippen LogP contribution in [-0.4, -0.2) is 29.1 Å². The van der Waals surface area contributed by atoms with Gasteiger partial charge in [-0.15, -0.1) is 0 Å². The van der Waals surface area contributed by atoms with Crippen LogP contribution >= 0.6 is 15.9 Å². The van der Waals surface area contributed by atoms with E-state index in [1.165, 1.54) is 5.32 Å². The van der Waals surface area contributed by atoms with E-state index in [0.717, 1.165) is 18.2 Å². The van der Waals surface area contributed by atoms with Crippen molar-refractivity contribution < 1.29 is 46.0 Å². The van der Waals surface area contributed by atoms with E-state index in [9.17, 15) is 40.7 Å². The zero-order valence-electron chi connectivity index (χ0n) is 10.5. The minimum Gasteiger partial charge on any atom is -0.595 e. The second-order valence-electron chi connectivity index (χ2n) is 4.10. The molecule has 0 bridgehead atoms. The van der Waals surface area contributed by atoms with Crippen LogP contribution in [0.2, 0.25) is 0 Å². The number of carbonyl (C=O) groups excluding carboxylic acids is 1. The summed E-state index contributed by atoms with van der Waals surface area (Å²) in [6.45, 7) is 0. The van der Waals surface area contributed by atoms with Crippen molar-refractivity contribution in [3.05, 3.63) is 27.9 Å². The van der Waals surface area contributed by atoms with E-state index in [0.29, 0.717) is 0 Å². The molecule has 1 atom stereocenters. The Hall–Kier alpha value is -1.44. The van der Waals surface area contributed by atoms with Crippen LogP contribution < -0.4 is 10.5 Å². The second kappa shape index (κ2) is 6.22. The van der Waals surface area contributed by atoms with Gasteiger partial charge < -0.3 is 10.5 Å². The molecule has 1 aromatic carbocycles. The molecule has 0 aromatic heterocycles. The van der Waals surface area contributed by atoms with Crippen LogP contribution in [0.1, 0.15) is 0 Å². The molecule has 1 aromatic rings. The van der Waals surface area contributed by atoms with Crippen molar-refractivity contribution in [2.45, 2.75) is 18.0 Å². The van der Waals surface area contributed by atoms with Crippen molar-refractivity contribution in [1.29, 1.82) is 0 Å². The quantitative estimate of drug-likeness (QED) is 0.523. The number of amides is 1. The molecule has 130 valence electrons. The lowest BCUT2D eigenvalue weighted by Crippen LogP contribution is -2.99. The molecule has 0 spiro atoms. The maximum absolute atomic E-state index is 13.1. The van der Waals surface area contributed by atoms with E-state index in [1.807, 2.05) is 0 Å². The van der Waals surface area contributed by atoms with Crippen molar-refractivity contribution in [2.24, 2.45) is 0 Å². The minimum atomic E-state index is -6.64. The Morgan fingerprint density at radius 1 is 1.17 bits per heavy atom. The molecule has 0 aliphatic carbocycles. The van der Waals surface area contributed by atoms with Crippen LogP contribution in [0, 0.1) is 5.21 Å². The standard InChI is InChI=1S/C10H6BrF7N2O3/c11-5-3-4(20(22)23)1-2-6(5)19-7(21)8(12,13)9(14,15)10(16,17)18/h1-3,20,22H,(H,19,21). The van der Waals surface area contributed by atoms with Crippen molar-refractivity contribution in [3.8, 4) is 0 Å². The van der Waals surface area contributed by atoms with Crippen LogP contribution in [0.25, 0.3) is 0 Å². The highest BCUT2D eigenvalue weighted by Crippen LogP contribution is 2.47. The first-order valence-electron chi connectivity index (χ1n) is 5.38. The average molecular weight is 415 g/mol. The van der Waals surface area contributed by atoms with Crippen molar-refractivity contribution in [3.63, 3.8) is 0 Å². The maximum atomic E-state index is 13.1. The third kappa shape index (κ3) is 3.73. The average Bonchev–Trinajstić information content (AvgIpc) is 2.39. The number of alkyl halides is 7. The Bertz CT molecular complexity index is 607. The van der Waals surface area contributed by atoms with E-state index in [-0.39, 0.29) is 10.2 Å². The molecule has 0 aliphatic heterocycles. The summed E-state index contributed by atoms with van der Waals surface area (Å²) in [5, 5.41) is 19.1. The van der Waals surface area contributed by atoms with Crippen LogP contribution in [-0.2, 0) is 4.79 Å². The first kappa shape index (κ1) is 19.6. The highest BCUT2D eigenvalue weighted by molar-refractivity contribution is 9.10. The number of carbonyl (C=O) groups is 1. The van der Waals surface area contributed by atoms with Crippen molar-refractivity contribution in [2.75, 3.05) is 5.32 Å². The fraction of sp³-hybridized carbons (Fsp3) is 0.300. The Morgan fingerprint density at radius 3 is 2.09 bits per heavy atom. The summed E-state index contributed by atoms with van der Waals surface area (Å²) in [5.41, 5.74) is -0.958. The van der Waals surface area contributed by atoms with Gasteiger partial charge in [-0.2, -0.15) is 36.0 Å². The Kier molecular flexibility index (Phi) is 5.30. The molecule has 0 aliphatic rings. The van der Waals surface area contributed by atoms with Gasteiger partial charge in [0.1, 0.15) is 0 Å². The lowest BCUT2D eigenvalue weighted by Gasteiger charge is -2.27. The SMILES string of the molecule is O=C(Nc1ccc([NH+]([O-])O)cc1Br)C(F)(F)C(F)(F)C(F)(F)F. The number of halogens is 8. The van der Waals surface area contributed by atoms with Crippen LogP contribution in [0.15, 0.2) is 22.7 Å². The smallest absolute Gasteiger partial charge is 0.460 e. The lowest BCUT2D eigenvalue weighted by atomic mass is 10.1. The van der Waals surface area contributed by atoms with Gasteiger partial charge in [-0.25, -0.2) is 5.21 Å². The fourth-order valence-electron chi connectivity index (χ4n) is 1.27. The number of nitrogens with one attached hydrogen (secondary N) is 2. The van der Waals surface area contributed by atoms with Gasteiger partial charge in [0.05, 0.1) is 5.69 Å². The molecule has 0 saturated heterocycles. The summed E-state index contributed by atoms with van der Waals surface area (Å²) < 4.78 is 87.2. The topological polar surface area (TPSA) is 76.8 Å². The molecule has 23 heavy (non-hydrogen) atoms. The van der Waals surface area contributed by atoms with Gasteiger partial charge in [-0.3, -0.25) is 4.79 Å². The van der Waals surface area contributed by atoms with E-state index in [1.54, 1.807) is 0 Å². The predicted octanol–water partition coefficient (Wildman–Crippen LogP) is 2.62. The minimum absolute atomic E-state index is 0.308. The first-order valence-corrected chi connectivity index (χ1v) is 6.17. The van der Waals surface area contributed by atoms with Crippen LogP contribution in [0.3, 0.4) is 0 Å². The van der Waals surface area contributed by atoms with Crippen molar-refractivity contribution in [1.82, 2.24) is 0 Å². The second-order valence-corrected chi connectivity index (χ2v) is 4.95. The van der Waals surface area contributed by atoms with E-state index in [4.69, 9.17) is 5.21 Å². The van der Waals surface area contributed by atoms with E-state index in [2.05, 4.69) is 15.9 Å². The lowest BCUT2D eigenvalue weighted by molar-refractivity contribution is -0.991. The fourth-order valence-corrected chi connectivity index (χ4v) is 1.75. The third-order valence-electron chi connectivity index (χ3n) is 2.50. The number of quaternary nitrogens is 1. The zero-order valence-corrected chi connectivity index (χ0v) is 12.1. The number of hydrogen-bond donors (Lipinski definition) is 3. The molecule has 13 heteroatoms. The van der Waals surface area contributed by atoms with Gasteiger partial charge in [0.2, 0.25) is 0 Å².